The lowest BCUT2D eigenvalue weighted by Gasteiger charge is -1.94. The summed E-state index contributed by atoms with van der Waals surface area (Å²) in [5.41, 5.74) is 0. The Morgan fingerprint density at radius 1 is 0.909 bits per heavy atom. The van der Waals surface area contributed by atoms with E-state index in [4.69, 9.17) is 0 Å². The first-order chi connectivity index (χ1) is 5.38. The Morgan fingerprint density at radius 3 is 1.73 bits per heavy atom. The van der Waals surface area contributed by atoms with Gasteiger partial charge in [-0.1, -0.05) is 39.5 Å². The van der Waals surface area contributed by atoms with Crippen molar-refractivity contribution in [3.05, 3.63) is 0 Å². The van der Waals surface area contributed by atoms with Gasteiger partial charge in [0.2, 0.25) is 0 Å². The fourth-order valence-corrected chi connectivity index (χ4v) is 1.64. The Balaban J connectivity index is 1.89. The number of nitrogens with one attached hydrogen (secondary N) is 1. The van der Waals surface area contributed by atoms with Gasteiger partial charge in [-0.05, 0) is 12.8 Å². The third-order valence-electron chi connectivity index (χ3n) is 2.54. The molecule has 1 aliphatic heterocycles. The molecule has 0 amide bonds. The SMILES string of the molecule is CCCC[C@@H]1N[C@H]1CCCC. The molecule has 0 unspecified atom stereocenters. The molecule has 0 aromatic rings. The topological polar surface area (TPSA) is 21.9 Å². The Bertz CT molecular complexity index is 89.0. The molecule has 1 fully saturated rings. The lowest BCUT2D eigenvalue weighted by Crippen LogP contribution is -1.93. The first kappa shape index (κ1) is 9.05. The van der Waals surface area contributed by atoms with Gasteiger partial charge in [-0.2, -0.15) is 0 Å². The van der Waals surface area contributed by atoms with Crippen LogP contribution >= 0.6 is 0 Å². The van der Waals surface area contributed by atoms with E-state index in [0.717, 1.165) is 12.1 Å². The highest BCUT2D eigenvalue weighted by Crippen LogP contribution is 2.22. The van der Waals surface area contributed by atoms with E-state index < -0.39 is 0 Å². The molecule has 0 aromatic heterocycles. The van der Waals surface area contributed by atoms with Gasteiger partial charge < -0.3 is 5.32 Å². The summed E-state index contributed by atoms with van der Waals surface area (Å²) in [7, 11) is 0. The van der Waals surface area contributed by atoms with Crippen molar-refractivity contribution in [1.29, 1.82) is 0 Å². The van der Waals surface area contributed by atoms with Crippen molar-refractivity contribution in [1.82, 2.24) is 5.32 Å². The fourth-order valence-electron chi connectivity index (χ4n) is 1.64. The predicted molar refractivity (Wildman–Crippen MR) is 49.8 cm³/mol. The summed E-state index contributed by atoms with van der Waals surface area (Å²) in [6.45, 7) is 4.53. The van der Waals surface area contributed by atoms with Crippen LogP contribution in [0.3, 0.4) is 0 Å². The number of rotatable bonds is 6. The molecule has 1 aliphatic rings. The molecule has 1 heterocycles. The van der Waals surface area contributed by atoms with E-state index in [-0.39, 0.29) is 0 Å². The Kier molecular flexibility index (Phi) is 3.92. The lowest BCUT2D eigenvalue weighted by molar-refractivity contribution is 0.654. The molecule has 0 bridgehead atoms. The van der Waals surface area contributed by atoms with Gasteiger partial charge in [0.1, 0.15) is 0 Å². The first-order valence-corrected chi connectivity index (χ1v) is 5.14. The van der Waals surface area contributed by atoms with Crippen molar-refractivity contribution in [2.24, 2.45) is 0 Å². The van der Waals surface area contributed by atoms with E-state index in [1.807, 2.05) is 0 Å². The van der Waals surface area contributed by atoms with Gasteiger partial charge in [-0.25, -0.2) is 0 Å². The summed E-state index contributed by atoms with van der Waals surface area (Å²) in [6.07, 6.45) is 8.31. The first-order valence-electron chi connectivity index (χ1n) is 5.14. The molecule has 0 radical (unpaired) electrons. The van der Waals surface area contributed by atoms with Crippen molar-refractivity contribution in [2.75, 3.05) is 0 Å². The minimum atomic E-state index is 0.890. The average Bonchev–Trinajstić information content (AvgIpc) is 2.76. The molecule has 1 nitrogen and oxygen atoms in total. The van der Waals surface area contributed by atoms with E-state index in [0.29, 0.717) is 0 Å². The normalized spacial score (nSPS) is 28.9. The van der Waals surface area contributed by atoms with Gasteiger partial charge in [0.25, 0.3) is 0 Å². The largest absolute Gasteiger partial charge is 0.308 e. The standard InChI is InChI=1S/C10H21N/c1-3-5-7-9-10(11-9)8-6-4-2/h9-11H,3-8H2,1-2H3/t9-,10-/m0/s1. The minimum Gasteiger partial charge on any atom is -0.308 e. The minimum absolute atomic E-state index is 0.890. The van der Waals surface area contributed by atoms with Gasteiger partial charge in [-0.15, -0.1) is 0 Å². The fraction of sp³-hybridized carbons (Fsp3) is 1.00. The molecule has 2 atom stereocenters. The van der Waals surface area contributed by atoms with Gasteiger partial charge in [0.15, 0.2) is 0 Å². The van der Waals surface area contributed by atoms with E-state index in [1.54, 1.807) is 0 Å². The van der Waals surface area contributed by atoms with Crippen LogP contribution in [-0.2, 0) is 0 Å². The second kappa shape index (κ2) is 4.76. The third-order valence-corrected chi connectivity index (χ3v) is 2.54. The van der Waals surface area contributed by atoms with E-state index in [1.165, 1.54) is 38.5 Å². The Hall–Kier alpha value is -0.0400. The molecular formula is C10H21N. The summed E-state index contributed by atoms with van der Waals surface area (Å²) in [5, 5.41) is 3.54. The van der Waals surface area contributed by atoms with Crippen LogP contribution < -0.4 is 5.32 Å². The average molecular weight is 155 g/mol. The zero-order valence-electron chi connectivity index (χ0n) is 7.90. The van der Waals surface area contributed by atoms with Crippen molar-refractivity contribution < 1.29 is 0 Å². The second-order valence-corrected chi connectivity index (χ2v) is 3.66. The van der Waals surface area contributed by atoms with Crippen molar-refractivity contribution in [3.8, 4) is 0 Å². The van der Waals surface area contributed by atoms with Gasteiger partial charge in [0.05, 0.1) is 0 Å². The molecular weight excluding hydrogens is 134 g/mol. The zero-order valence-corrected chi connectivity index (χ0v) is 7.90. The van der Waals surface area contributed by atoms with Crippen LogP contribution in [0.1, 0.15) is 52.4 Å². The maximum absolute atomic E-state index is 3.54. The molecule has 0 aliphatic carbocycles. The van der Waals surface area contributed by atoms with Crippen molar-refractivity contribution in [3.63, 3.8) is 0 Å². The maximum Gasteiger partial charge on any atom is 0.0224 e. The van der Waals surface area contributed by atoms with Crippen LogP contribution in [0.5, 0.6) is 0 Å². The highest BCUT2D eigenvalue weighted by molar-refractivity contribution is 4.96. The van der Waals surface area contributed by atoms with Gasteiger partial charge >= 0.3 is 0 Å². The molecule has 0 saturated carbocycles. The maximum atomic E-state index is 3.54. The molecule has 0 aromatic carbocycles. The summed E-state index contributed by atoms with van der Waals surface area (Å²) < 4.78 is 0. The number of hydrogen-bond acceptors (Lipinski definition) is 1. The Labute approximate surface area is 70.6 Å². The van der Waals surface area contributed by atoms with Crippen molar-refractivity contribution in [2.45, 2.75) is 64.5 Å². The molecule has 0 spiro atoms. The van der Waals surface area contributed by atoms with Crippen LogP contribution in [-0.4, -0.2) is 12.1 Å². The lowest BCUT2D eigenvalue weighted by atomic mass is 10.1. The van der Waals surface area contributed by atoms with Crippen LogP contribution in [0, 0.1) is 0 Å². The highest BCUT2D eigenvalue weighted by atomic mass is 15.1. The molecule has 1 rings (SSSR count). The second-order valence-electron chi connectivity index (χ2n) is 3.66. The monoisotopic (exact) mass is 155 g/mol. The van der Waals surface area contributed by atoms with Crippen LogP contribution in [0.15, 0.2) is 0 Å². The predicted octanol–water partition coefficient (Wildman–Crippen LogP) is 2.71. The number of unbranched alkanes of at least 4 members (excludes halogenated alkanes) is 2. The Morgan fingerprint density at radius 2 is 1.36 bits per heavy atom. The molecule has 1 saturated heterocycles. The van der Waals surface area contributed by atoms with E-state index in [9.17, 15) is 0 Å². The molecule has 1 heteroatoms. The van der Waals surface area contributed by atoms with Gasteiger partial charge in [-0.3, -0.25) is 0 Å². The summed E-state index contributed by atoms with van der Waals surface area (Å²) in [5.74, 6) is 0. The third kappa shape index (κ3) is 3.24. The van der Waals surface area contributed by atoms with E-state index in [2.05, 4.69) is 19.2 Å². The van der Waals surface area contributed by atoms with E-state index >= 15 is 0 Å². The summed E-state index contributed by atoms with van der Waals surface area (Å²) >= 11 is 0. The van der Waals surface area contributed by atoms with Crippen LogP contribution in [0.4, 0.5) is 0 Å². The van der Waals surface area contributed by atoms with Crippen LogP contribution in [0.25, 0.3) is 0 Å². The number of hydrogen-bond donors (Lipinski definition) is 1. The molecule has 1 N–H and O–H groups in total. The summed E-state index contributed by atoms with van der Waals surface area (Å²) in [4.78, 5) is 0. The molecule has 66 valence electrons. The quantitative estimate of drug-likeness (QED) is 0.585. The van der Waals surface area contributed by atoms with Gasteiger partial charge in [0, 0.05) is 12.1 Å². The molecule has 11 heavy (non-hydrogen) atoms. The smallest absolute Gasteiger partial charge is 0.0224 e. The highest BCUT2D eigenvalue weighted by Gasteiger charge is 2.33. The zero-order chi connectivity index (χ0) is 8.10. The summed E-state index contributed by atoms with van der Waals surface area (Å²) in [6, 6.07) is 1.78. The van der Waals surface area contributed by atoms with Crippen LogP contribution in [0.2, 0.25) is 0 Å². The van der Waals surface area contributed by atoms with Crippen molar-refractivity contribution >= 4 is 0 Å².